The fourth-order valence-electron chi connectivity index (χ4n) is 3.08. The fourth-order valence-corrected chi connectivity index (χ4v) is 3.08. The Balaban J connectivity index is 2.24. The van der Waals surface area contributed by atoms with Crippen LogP contribution in [-0.2, 0) is 4.79 Å². The van der Waals surface area contributed by atoms with E-state index in [9.17, 15) is 9.90 Å². The Morgan fingerprint density at radius 1 is 1.19 bits per heavy atom. The monoisotopic (exact) mass is 290 g/mol. The average Bonchev–Trinajstić information content (AvgIpc) is 2.42. The molecule has 1 aromatic rings. The van der Waals surface area contributed by atoms with Crippen molar-refractivity contribution in [2.24, 2.45) is 0 Å². The summed E-state index contributed by atoms with van der Waals surface area (Å²) in [7, 11) is 2.08. The first kappa shape index (κ1) is 16.0. The van der Waals surface area contributed by atoms with Crippen LogP contribution in [0.5, 0.6) is 0 Å². The van der Waals surface area contributed by atoms with E-state index in [1.165, 1.54) is 5.56 Å². The molecule has 1 aliphatic rings. The first-order chi connectivity index (χ1) is 9.90. The van der Waals surface area contributed by atoms with Gasteiger partial charge in [-0.1, -0.05) is 38.1 Å². The maximum Gasteiger partial charge on any atom is 0.325 e. The first-order valence-electron chi connectivity index (χ1n) is 7.67. The van der Waals surface area contributed by atoms with Gasteiger partial charge in [-0.2, -0.15) is 0 Å². The number of carbonyl (C=O) groups is 1. The third kappa shape index (κ3) is 3.63. The van der Waals surface area contributed by atoms with Gasteiger partial charge in [-0.25, -0.2) is 0 Å². The highest BCUT2D eigenvalue weighted by molar-refractivity contribution is 5.75. The van der Waals surface area contributed by atoms with E-state index < -0.39 is 12.0 Å². The van der Waals surface area contributed by atoms with Crippen molar-refractivity contribution in [3.8, 4) is 0 Å². The van der Waals surface area contributed by atoms with Crippen molar-refractivity contribution < 1.29 is 9.90 Å². The Morgan fingerprint density at radius 3 is 2.24 bits per heavy atom. The number of piperazine rings is 1. The van der Waals surface area contributed by atoms with Crippen LogP contribution in [0.1, 0.15) is 43.9 Å². The number of benzene rings is 1. The van der Waals surface area contributed by atoms with E-state index in [-0.39, 0.29) is 6.04 Å². The zero-order valence-corrected chi connectivity index (χ0v) is 13.4. The molecule has 0 amide bonds. The smallest absolute Gasteiger partial charge is 0.325 e. The molecule has 0 aromatic heterocycles. The quantitative estimate of drug-likeness (QED) is 0.925. The van der Waals surface area contributed by atoms with Gasteiger partial charge in [0.25, 0.3) is 0 Å². The van der Waals surface area contributed by atoms with E-state index in [0.717, 1.165) is 25.2 Å². The highest BCUT2D eigenvalue weighted by Crippen LogP contribution is 2.27. The molecule has 21 heavy (non-hydrogen) atoms. The molecule has 1 aromatic carbocycles. The third-order valence-corrected chi connectivity index (χ3v) is 4.37. The molecule has 4 nitrogen and oxygen atoms in total. The number of carboxylic acid groups (broad SMARTS) is 1. The molecule has 1 N–H and O–H groups in total. The zero-order chi connectivity index (χ0) is 15.6. The van der Waals surface area contributed by atoms with Crippen LogP contribution in [0.2, 0.25) is 0 Å². The summed E-state index contributed by atoms with van der Waals surface area (Å²) in [4.78, 5) is 16.1. The van der Waals surface area contributed by atoms with Crippen molar-refractivity contribution >= 4 is 5.97 Å². The van der Waals surface area contributed by atoms with Crippen molar-refractivity contribution in [1.29, 1.82) is 0 Å². The van der Waals surface area contributed by atoms with E-state index in [1.54, 1.807) is 0 Å². The Kier molecular flexibility index (Phi) is 5.01. The molecule has 0 bridgehead atoms. The van der Waals surface area contributed by atoms with E-state index >= 15 is 0 Å². The predicted molar refractivity (Wildman–Crippen MR) is 84.6 cm³/mol. The second kappa shape index (κ2) is 6.58. The summed E-state index contributed by atoms with van der Waals surface area (Å²) >= 11 is 0. The number of hydrogen-bond donors (Lipinski definition) is 1. The van der Waals surface area contributed by atoms with E-state index in [4.69, 9.17) is 0 Å². The summed E-state index contributed by atoms with van der Waals surface area (Å²) in [5.74, 6) is -0.298. The molecule has 2 atom stereocenters. The van der Waals surface area contributed by atoms with Gasteiger partial charge in [0.05, 0.1) is 0 Å². The fraction of sp³-hybridized carbons (Fsp3) is 0.588. The SMILES string of the molecule is CC(C)c1ccc(C(C(=O)O)N2CCN(C)CC2C)cc1. The average molecular weight is 290 g/mol. The van der Waals surface area contributed by atoms with Crippen LogP contribution in [0.15, 0.2) is 24.3 Å². The highest BCUT2D eigenvalue weighted by Gasteiger charge is 2.33. The largest absolute Gasteiger partial charge is 0.480 e. The molecular formula is C17H26N2O2. The van der Waals surface area contributed by atoms with Gasteiger partial charge in [0.2, 0.25) is 0 Å². The number of carboxylic acids is 1. The number of rotatable bonds is 4. The third-order valence-electron chi connectivity index (χ3n) is 4.37. The maximum atomic E-state index is 11.8. The van der Waals surface area contributed by atoms with Crippen molar-refractivity contribution in [3.05, 3.63) is 35.4 Å². The normalized spacial score (nSPS) is 22.4. The van der Waals surface area contributed by atoms with Gasteiger partial charge in [0, 0.05) is 25.7 Å². The molecule has 2 rings (SSSR count). The first-order valence-corrected chi connectivity index (χ1v) is 7.67. The van der Waals surface area contributed by atoms with Crippen molar-refractivity contribution in [3.63, 3.8) is 0 Å². The Hall–Kier alpha value is -1.39. The minimum Gasteiger partial charge on any atom is -0.480 e. The van der Waals surface area contributed by atoms with Crippen LogP contribution in [0.4, 0.5) is 0 Å². The summed E-state index contributed by atoms with van der Waals surface area (Å²) in [6, 6.07) is 7.75. The van der Waals surface area contributed by atoms with Gasteiger partial charge in [0.15, 0.2) is 0 Å². The number of aliphatic carboxylic acids is 1. The molecule has 0 saturated carbocycles. The van der Waals surface area contributed by atoms with Crippen molar-refractivity contribution in [1.82, 2.24) is 9.80 Å². The van der Waals surface area contributed by atoms with Crippen LogP contribution < -0.4 is 0 Å². The predicted octanol–water partition coefficient (Wildman–Crippen LogP) is 2.57. The molecule has 116 valence electrons. The molecule has 0 radical (unpaired) electrons. The Bertz CT molecular complexity index is 484. The molecule has 2 unspecified atom stereocenters. The van der Waals surface area contributed by atoms with Crippen LogP contribution in [0.3, 0.4) is 0 Å². The van der Waals surface area contributed by atoms with Gasteiger partial charge in [-0.05, 0) is 31.0 Å². The molecule has 1 fully saturated rings. The van der Waals surface area contributed by atoms with Gasteiger partial charge < -0.3 is 10.0 Å². The lowest BCUT2D eigenvalue weighted by molar-refractivity contribution is -0.145. The molecule has 0 aliphatic carbocycles. The molecule has 0 spiro atoms. The second-order valence-electron chi connectivity index (χ2n) is 6.41. The summed E-state index contributed by atoms with van der Waals surface area (Å²) in [6.45, 7) is 9.01. The van der Waals surface area contributed by atoms with Crippen molar-refractivity contribution in [2.45, 2.75) is 38.8 Å². The topological polar surface area (TPSA) is 43.8 Å². The summed E-state index contributed by atoms with van der Waals surface area (Å²) < 4.78 is 0. The minimum absolute atomic E-state index is 0.245. The molecule has 4 heteroatoms. The molecule has 1 aliphatic heterocycles. The molecule has 1 heterocycles. The van der Waals surface area contributed by atoms with Crippen LogP contribution in [0.25, 0.3) is 0 Å². The Labute approximate surface area is 127 Å². The summed E-state index contributed by atoms with van der Waals surface area (Å²) in [6.07, 6.45) is 0. The lowest BCUT2D eigenvalue weighted by Crippen LogP contribution is -2.53. The van der Waals surface area contributed by atoms with E-state index in [0.29, 0.717) is 5.92 Å². The summed E-state index contributed by atoms with van der Waals surface area (Å²) in [5.41, 5.74) is 2.12. The van der Waals surface area contributed by atoms with Crippen molar-refractivity contribution in [2.75, 3.05) is 26.7 Å². The maximum absolute atomic E-state index is 11.8. The molecular weight excluding hydrogens is 264 g/mol. The van der Waals surface area contributed by atoms with Gasteiger partial charge in [0.1, 0.15) is 6.04 Å². The zero-order valence-electron chi connectivity index (χ0n) is 13.4. The van der Waals surface area contributed by atoms with E-state index in [1.807, 2.05) is 12.1 Å². The highest BCUT2D eigenvalue weighted by atomic mass is 16.4. The molecule has 1 saturated heterocycles. The lowest BCUT2D eigenvalue weighted by atomic mass is 9.97. The van der Waals surface area contributed by atoms with Crippen LogP contribution >= 0.6 is 0 Å². The van der Waals surface area contributed by atoms with Gasteiger partial charge >= 0.3 is 5.97 Å². The second-order valence-corrected chi connectivity index (χ2v) is 6.41. The Morgan fingerprint density at radius 2 is 1.76 bits per heavy atom. The van der Waals surface area contributed by atoms with Gasteiger partial charge in [-0.3, -0.25) is 9.69 Å². The standard InChI is InChI=1S/C17H26N2O2/c1-12(2)14-5-7-15(8-6-14)16(17(20)21)19-10-9-18(4)11-13(19)3/h5-8,12-13,16H,9-11H2,1-4H3,(H,20,21). The number of hydrogen-bond acceptors (Lipinski definition) is 3. The van der Waals surface area contributed by atoms with Crippen LogP contribution in [-0.4, -0.2) is 53.6 Å². The lowest BCUT2D eigenvalue weighted by Gasteiger charge is -2.41. The minimum atomic E-state index is -0.760. The van der Waals surface area contributed by atoms with E-state index in [2.05, 4.69) is 49.8 Å². The van der Waals surface area contributed by atoms with Crippen LogP contribution in [0, 0.1) is 0 Å². The number of likely N-dealkylation sites (N-methyl/N-ethyl adjacent to an activating group) is 1. The van der Waals surface area contributed by atoms with Gasteiger partial charge in [-0.15, -0.1) is 0 Å². The summed E-state index contributed by atoms with van der Waals surface area (Å²) in [5, 5.41) is 9.69. The number of nitrogens with zero attached hydrogens (tertiary/aromatic N) is 2.